The first kappa shape index (κ1) is 63.7. The predicted molar refractivity (Wildman–Crippen MR) is 188 cm³/mol. The van der Waals surface area contributed by atoms with Crippen molar-refractivity contribution in [3.8, 4) is 5.75 Å². The molecule has 3 rings (SSSR count). The first-order chi connectivity index (χ1) is 19.4. The van der Waals surface area contributed by atoms with E-state index in [-0.39, 0.29) is 24.7 Å². The minimum atomic E-state index is -0.500. The van der Waals surface area contributed by atoms with Gasteiger partial charge in [0.25, 0.3) is 0 Å². The lowest BCUT2D eigenvalue weighted by atomic mass is 10.2. The van der Waals surface area contributed by atoms with Gasteiger partial charge in [-0.3, -0.25) is 4.79 Å². The normalized spacial score (nSPS) is 10.1. The molecule has 0 radical (unpaired) electrons. The van der Waals surface area contributed by atoms with Crippen LogP contribution in [-0.2, 0) is 19.1 Å². The fourth-order valence-electron chi connectivity index (χ4n) is 0.909. The average molecular weight is 635 g/mol. The van der Waals surface area contributed by atoms with Gasteiger partial charge in [0, 0.05) is 24.0 Å². The highest BCUT2D eigenvalue weighted by Gasteiger charge is 2.13. The second-order valence-electron chi connectivity index (χ2n) is 9.55. The van der Waals surface area contributed by atoms with E-state index in [2.05, 4.69) is 39.0 Å². The Morgan fingerprint density at radius 3 is 1.11 bits per heavy atom. The van der Waals surface area contributed by atoms with Crippen LogP contribution in [0.15, 0.2) is 79.4 Å². The molecule has 1 atom stereocenters. The molecule has 262 valence electrons. The number of para-hydroxylation sites is 1. The molecule has 0 bridgehead atoms. The Hall–Kier alpha value is -3.44. The van der Waals surface area contributed by atoms with Gasteiger partial charge in [0.15, 0.2) is 0 Å². The zero-order chi connectivity index (χ0) is 35.0. The van der Waals surface area contributed by atoms with Gasteiger partial charge < -0.3 is 35.1 Å². The third-order valence-corrected chi connectivity index (χ3v) is 2.21. The molecule has 0 saturated carbocycles. The molecule has 0 spiro atoms. The van der Waals surface area contributed by atoms with Gasteiger partial charge in [-0.2, -0.15) is 0 Å². The lowest BCUT2D eigenvalue weighted by molar-refractivity contribution is -0.137. The lowest BCUT2D eigenvalue weighted by Crippen LogP contribution is -2.10. The molecule has 10 heteroatoms. The maximum Gasteiger partial charge on any atom is 0.302 e. The van der Waals surface area contributed by atoms with Crippen LogP contribution in [-0.4, -0.2) is 65.1 Å². The Balaban J connectivity index is -0.0000000449. The first-order valence-corrected chi connectivity index (χ1v) is 13.2. The zero-order valence-electron chi connectivity index (χ0n) is 28.8. The van der Waals surface area contributed by atoms with Crippen LogP contribution in [0.5, 0.6) is 5.75 Å². The molecule has 1 aliphatic rings. The number of carbonyl (C=O) groups is 2. The number of methoxy groups -OCH3 is 1. The number of esters is 1. The van der Waals surface area contributed by atoms with Crippen molar-refractivity contribution in [2.75, 3.05) is 20.8 Å². The minimum Gasteiger partial charge on any atom is -0.508 e. The van der Waals surface area contributed by atoms with Crippen molar-refractivity contribution in [1.82, 2.24) is 0 Å². The standard InChI is InChI=1S/C6H6O.C6H6.C4H10O.C4H10.C3H6O2.2C3H6O.C3H6.CH4O.CH4.O2.H2O/c7-6-4-2-1-3-5-6;1-2-4-6-5-3-1;1-4(2,3)5;1-4(2)3;1-3(4)5-2;1-3-2-4-3;1-3(2)4;1-3-2;1-2;;1-2;/h1-5,7H;1-6H;5H,1-3H3;4H,1-3H3;1-2H3;3H,2H2,1H3;1-2H3;3H,1H2,2H3;2H,1H3;1H4;;1H2. The van der Waals surface area contributed by atoms with Crippen molar-refractivity contribution in [2.24, 2.45) is 5.92 Å². The third kappa shape index (κ3) is 225. The molecule has 2 aromatic carbocycles. The van der Waals surface area contributed by atoms with E-state index in [0.717, 1.165) is 19.6 Å². The summed E-state index contributed by atoms with van der Waals surface area (Å²) in [6, 6.07) is 20.7. The van der Waals surface area contributed by atoms with Gasteiger partial charge in [0.1, 0.15) is 11.5 Å². The maximum atomic E-state index is 9.59. The number of Topliss-reactive ketones (excluding diaryl/α,β-unsaturated/α-hetero) is 1. The van der Waals surface area contributed by atoms with Crippen molar-refractivity contribution in [2.45, 2.75) is 95.3 Å². The van der Waals surface area contributed by atoms with Gasteiger partial charge in [-0.25, -0.2) is 0 Å². The summed E-state index contributed by atoms with van der Waals surface area (Å²) in [6.07, 6.45) is 2.33. The summed E-state index contributed by atoms with van der Waals surface area (Å²) in [6.45, 7) is 24.4. The van der Waals surface area contributed by atoms with E-state index in [0.29, 0.717) is 11.9 Å². The lowest BCUT2D eigenvalue weighted by Gasteiger charge is -2.04. The number of ether oxygens (including phenoxy) is 2. The molecule has 1 saturated heterocycles. The van der Waals surface area contributed by atoms with Crippen LogP contribution in [0.25, 0.3) is 0 Å². The van der Waals surface area contributed by atoms with E-state index < -0.39 is 5.60 Å². The number of rotatable bonds is 0. The largest absolute Gasteiger partial charge is 0.508 e. The number of aliphatic hydroxyl groups is 2. The second kappa shape index (κ2) is 55.5. The number of allylic oxidation sites excluding steroid dienone is 1. The molecule has 1 unspecified atom stereocenters. The fourth-order valence-corrected chi connectivity index (χ4v) is 0.909. The summed E-state index contributed by atoms with van der Waals surface area (Å²) in [5, 5.41) is 24.2. The van der Waals surface area contributed by atoms with E-state index in [9.17, 15) is 9.59 Å². The second-order valence-corrected chi connectivity index (χ2v) is 9.55. The number of ketones is 1. The molecule has 5 N–H and O–H groups in total. The summed E-state index contributed by atoms with van der Waals surface area (Å²) >= 11 is 0. The van der Waals surface area contributed by atoms with E-state index in [1.54, 1.807) is 51.1 Å². The number of hydrogen-bond donors (Lipinski definition) is 3. The van der Waals surface area contributed by atoms with Crippen LogP contribution in [0.3, 0.4) is 0 Å². The van der Waals surface area contributed by atoms with Crippen LogP contribution in [0, 0.1) is 15.8 Å². The van der Waals surface area contributed by atoms with E-state index >= 15 is 0 Å². The smallest absolute Gasteiger partial charge is 0.302 e. The van der Waals surface area contributed by atoms with Gasteiger partial charge in [0.05, 0.1) is 25.4 Å². The number of aromatic hydroxyl groups is 1. The van der Waals surface area contributed by atoms with Crippen molar-refractivity contribution >= 4 is 11.8 Å². The van der Waals surface area contributed by atoms with Crippen LogP contribution < -0.4 is 0 Å². The Morgan fingerprint density at radius 2 is 1.05 bits per heavy atom. The Labute approximate surface area is 268 Å². The SMILES string of the molecule is C.C=CC.CC(C)(C)O.CC(C)=O.CC(C)C.CC1CO1.CO.COC(C)=O.O.O=O.Oc1ccccc1.c1ccccc1. The number of benzene rings is 2. The van der Waals surface area contributed by atoms with E-state index in [1.807, 2.05) is 49.4 Å². The molecule has 2 aromatic rings. The molecule has 1 heterocycles. The van der Waals surface area contributed by atoms with Gasteiger partial charge in [-0.05, 0) is 66.5 Å². The zero-order valence-corrected chi connectivity index (χ0v) is 28.8. The number of aliphatic hydroxyl groups excluding tert-OH is 1. The summed E-state index contributed by atoms with van der Waals surface area (Å²) in [7, 11) is 2.35. The monoisotopic (exact) mass is 634 g/mol. The maximum absolute atomic E-state index is 9.59. The van der Waals surface area contributed by atoms with Gasteiger partial charge in [-0.15, -0.1) is 6.58 Å². The van der Waals surface area contributed by atoms with Crippen molar-refractivity contribution in [3.63, 3.8) is 0 Å². The molecular weight excluding hydrogens is 568 g/mol. The first-order valence-electron chi connectivity index (χ1n) is 13.2. The van der Waals surface area contributed by atoms with Crippen LogP contribution in [0.2, 0.25) is 0 Å². The average Bonchev–Trinajstić information content (AvgIpc) is 3.70. The predicted octanol–water partition coefficient (Wildman–Crippen LogP) is 7.38. The molecule has 44 heavy (non-hydrogen) atoms. The molecular formula is C34H66O10. The number of phenols is 1. The summed E-state index contributed by atoms with van der Waals surface area (Å²) < 4.78 is 8.82. The van der Waals surface area contributed by atoms with Gasteiger partial charge in [-0.1, -0.05) is 88.9 Å². The summed E-state index contributed by atoms with van der Waals surface area (Å²) in [5.41, 5.74) is -0.500. The molecule has 10 nitrogen and oxygen atoms in total. The highest BCUT2D eigenvalue weighted by atomic mass is 16.7. The fraction of sp³-hybridized carbons (Fsp3) is 0.529. The summed E-state index contributed by atoms with van der Waals surface area (Å²) in [5.74, 6) is 1.08. The molecule has 1 aliphatic heterocycles. The van der Waals surface area contributed by atoms with Crippen LogP contribution in [0.1, 0.15) is 83.6 Å². The Bertz CT molecular complexity index is 704. The number of epoxide rings is 1. The minimum absolute atomic E-state index is 0. The number of carbonyl (C=O) groups excluding carboxylic acids is 2. The number of phenolic OH excluding ortho intramolecular Hbond substituents is 1. The van der Waals surface area contributed by atoms with Crippen LogP contribution >= 0.6 is 0 Å². The highest BCUT2D eigenvalue weighted by molar-refractivity contribution is 5.72. The molecule has 0 amide bonds. The quantitative estimate of drug-likeness (QED) is 0.151. The van der Waals surface area contributed by atoms with Crippen molar-refractivity contribution in [3.05, 3.63) is 89.3 Å². The van der Waals surface area contributed by atoms with E-state index in [4.69, 9.17) is 30.0 Å². The Kier molecular flexibility index (Phi) is 80.4. The van der Waals surface area contributed by atoms with Crippen molar-refractivity contribution < 1.29 is 39.9 Å². The highest BCUT2D eigenvalue weighted by Crippen LogP contribution is 2.04. The molecule has 0 aromatic heterocycles. The molecule has 1 fully saturated rings. The van der Waals surface area contributed by atoms with Gasteiger partial charge >= 0.3 is 5.97 Å². The summed E-state index contributed by atoms with van der Waals surface area (Å²) in [4.78, 5) is 33.0. The molecule has 0 aliphatic carbocycles. The van der Waals surface area contributed by atoms with Crippen molar-refractivity contribution in [1.29, 1.82) is 0 Å². The van der Waals surface area contributed by atoms with Gasteiger partial charge in [0.2, 0.25) is 0 Å². The Morgan fingerprint density at radius 1 is 0.909 bits per heavy atom. The number of hydrogen-bond acceptors (Lipinski definition) is 9. The third-order valence-electron chi connectivity index (χ3n) is 2.21. The van der Waals surface area contributed by atoms with Crippen LogP contribution in [0.4, 0.5) is 0 Å². The topological polar surface area (TPSA) is 182 Å². The van der Waals surface area contributed by atoms with E-state index in [1.165, 1.54) is 27.9 Å².